The van der Waals surface area contributed by atoms with Gasteiger partial charge in [0.25, 0.3) is 0 Å². The molecule has 0 bridgehead atoms. The minimum absolute atomic E-state index is 0.0833. The van der Waals surface area contributed by atoms with Crippen LogP contribution in [0.3, 0.4) is 0 Å². The Morgan fingerprint density at radius 3 is 2.64 bits per heavy atom. The second-order valence-corrected chi connectivity index (χ2v) is 7.73. The first kappa shape index (κ1) is 19.9. The van der Waals surface area contributed by atoms with E-state index >= 15 is 0 Å². The molecule has 1 aromatic heterocycles. The number of fused-ring (bicyclic) bond motifs is 1. The highest BCUT2D eigenvalue weighted by Crippen LogP contribution is 2.16. The second-order valence-electron chi connectivity index (χ2n) is 6.40. The molecule has 28 heavy (non-hydrogen) atoms. The van der Waals surface area contributed by atoms with Crippen LogP contribution in [0.5, 0.6) is 0 Å². The van der Waals surface area contributed by atoms with E-state index in [2.05, 4.69) is 15.3 Å². The summed E-state index contributed by atoms with van der Waals surface area (Å²) in [5.41, 5.74) is 2.31. The molecule has 0 spiro atoms. The molecule has 0 aliphatic rings. The van der Waals surface area contributed by atoms with Crippen LogP contribution in [0.1, 0.15) is 12.7 Å². The molecule has 2 amide bonds. The fraction of sp³-hybridized carbons (Fsp3) is 0.250. The highest BCUT2D eigenvalue weighted by Gasteiger charge is 2.20. The maximum absolute atomic E-state index is 12.9. The number of nitrogens with zero attached hydrogens (tertiary/aromatic N) is 2. The van der Waals surface area contributed by atoms with Crippen LogP contribution in [0.4, 0.5) is 10.1 Å². The van der Waals surface area contributed by atoms with Gasteiger partial charge in [0.1, 0.15) is 11.6 Å². The Hall–Kier alpha value is -2.87. The quantitative estimate of drug-likeness (QED) is 0.637. The van der Waals surface area contributed by atoms with Gasteiger partial charge in [-0.15, -0.1) is 11.8 Å². The van der Waals surface area contributed by atoms with Crippen molar-refractivity contribution in [2.75, 3.05) is 18.1 Å². The van der Waals surface area contributed by atoms with Crippen LogP contribution in [0.2, 0.25) is 0 Å². The normalized spacial score (nSPS) is 12.0. The highest BCUT2D eigenvalue weighted by atomic mass is 32.2. The number of carbonyl (C=O) groups is 2. The van der Waals surface area contributed by atoms with Crippen molar-refractivity contribution in [1.29, 1.82) is 0 Å². The maximum atomic E-state index is 12.9. The third-order valence-corrected chi connectivity index (χ3v) is 5.27. The van der Waals surface area contributed by atoms with Crippen molar-refractivity contribution in [3.05, 3.63) is 60.2 Å². The average Bonchev–Trinajstić information content (AvgIpc) is 3.09. The summed E-state index contributed by atoms with van der Waals surface area (Å²) in [4.78, 5) is 33.8. The molecule has 0 fully saturated rings. The Morgan fingerprint density at radius 1 is 1.21 bits per heavy atom. The van der Waals surface area contributed by atoms with E-state index in [1.165, 1.54) is 36.0 Å². The van der Waals surface area contributed by atoms with Crippen molar-refractivity contribution in [2.45, 2.75) is 18.7 Å². The first-order valence-electron chi connectivity index (χ1n) is 8.78. The zero-order chi connectivity index (χ0) is 20.1. The number of thioether (sulfide) groups is 1. The monoisotopic (exact) mass is 400 g/mol. The van der Waals surface area contributed by atoms with E-state index in [-0.39, 0.29) is 28.6 Å². The molecule has 8 heteroatoms. The second kappa shape index (κ2) is 8.88. The van der Waals surface area contributed by atoms with Crippen molar-refractivity contribution in [3.63, 3.8) is 0 Å². The molecule has 2 aromatic carbocycles. The fourth-order valence-corrected chi connectivity index (χ4v) is 3.49. The lowest BCUT2D eigenvalue weighted by atomic mass is 10.3. The number of para-hydroxylation sites is 2. The third kappa shape index (κ3) is 5.10. The van der Waals surface area contributed by atoms with Crippen LogP contribution in [-0.4, -0.2) is 44.7 Å². The molecule has 3 aromatic rings. The average molecular weight is 400 g/mol. The van der Waals surface area contributed by atoms with Crippen LogP contribution in [0.15, 0.2) is 48.5 Å². The minimum atomic E-state index is -0.381. The van der Waals surface area contributed by atoms with Crippen molar-refractivity contribution in [2.24, 2.45) is 0 Å². The van der Waals surface area contributed by atoms with E-state index in [4.69, 9.17) is 0 Å². The SMILES string of the molecule is CC(SCC(=O)Nc1ccc(F)cc1)C(=O)N(C)Cc1nc2ccccc2[nH]1. The molecule has 0 aliphatic heterocycles. The summed E-state index contributed by atoms with van der Waals surface area (Å²) in [5.74, 6) is 0.154. The number of rotatable bonds is 7. The number of aromatic amines is 1. The van der Waals surface area contributed by atoms with Crippen molar-refractivity contribution in [1.82, 2.24) is 14.9 Å². The van der Waals surface area contributed by atoms with Gasteiger partial charge in [0, 0.05) is 12.7 Å². The number of amides is 2. The lowest BCUT2D eigenvalue weighted by Gasteiger charge is -2.20. The zero-order valence-corrected chi connectivity index (χ0v) is 16.4. The first-order valence-corrected chi connectivity index (χ1v) is 9.83. The Bertz CT molecular complexity index is 941. The number of nitrogens with one attached hydrogen (secondary N) is 2. The van der Waals surface area contributed by atoms with Crippen LogP contribution < -0.4 is 5.32 Å². The molecule has 0 radical (unpaired) electrons. The van der Waals surface area contributed by atoms with Gasteiger partial charge in [-0.3, -0.25) is 9.59 Å². The topological polar surface area (TPSA) is 78.1 Å². The van der Waals surface area contributed by atoms with Gasteiger partial charge in [-0.25, -0.2) is 9.37 Å². The summed E-state index contributed by atoms with van der Waals surface area (Å²) in [6.45, 7) is 2.13. The van der Waals surface area contributed by atoms with Gasteiger partial charge in [-0.1, -0.05) is 12.1 Å². The molecule has 6 nitrogen and oxygen atoms in total. The van der Waals surface area contributed by atoms with Gasteiger partial charge in [0.05, 0.1) is 28.6 Å². The highest BCUT2D eigenvalue weighted by molar-refractivity contribution is 8.01. The predicted molar refractivity (Wildman–Crippen MR) is 110 cm³/mol. The van der Waals surface area contributed by atoms with E-state index in [9.17, 15) is 14.0 Å². The van der Waals surface area contributed by atoms with Crippen molar-refractivity contribution in [3.8, 4) is 0 Å². The van der Waals surface area contributed by atoms with E-state index in [1.807, 2.05) is 24.3 Å². The number of carbonyl (C=O) groups excluding carboxylic acids is 2. The molecule has 2 N–H and O–H groups in total. The van der Waals surface area contributed by atoms with E-state index in [0.29, 0.717) is 18.1 Å². The van der Waals surface area contributed by atoms with E-state index in [1.54, 1.807) is 18.9 Å². The largest absolute Gasteiger partial charge is 0.340 e. The van der Waals surface area contributed by atoms with Gasteiger partial charge in [-0.2, -0.15) is 0 Å². The summed E-state index contributed by atoms with van der Waals surface area (Å²) in [5, 5.41) is 2.30. The predicted octanol–water partition coefficient (Wildman–Crippen LogP) is 3.42. The molecule has 0 aliphatic carbocycles. The molecule has 0 saturated carbocycles. The first-order chi connectivity index (χ1) is 13.4. The smallest absolute Gasteiger partial charge is 0.235 e. The number of benzene rings is 2. The summed E-state index contributed by atoms with van der Waals surface area (Å²) in [6.07, 6.45) is 0. The van der Waals surface area contributed by atoms with Crippen LogP contribution in [0, 0.1) is 5.82 Å². The lowest BCUT2D eigenvalue weighted by Crippen LogP contribution is -2.33. The number of imidazole rings is 1. The molecule has 1 atom stereocenters. The van der Waals surface area contributed by atoms with Gasteiger partial charge < -0.3 is 15.2 Å². The minimum Gasteiger partial charge on any atom is -0.340 e. The van der Waals surface area contributed by atoms with E-state index < -0.39 is 0 Å². The number of H-pyrrole nitrogens is 1. The van der Waals surface area contributed by atoms with Crippen molar-refractivity contribution < 1.29 is 14.0 Å². The molecule has 3 rings (SSSR count). The summed E-state index contributed by atoms with van der Waals surface area (Å²) in [6, 6.07) is 13.2. The zero-order valence-electron chi connectivity index (χ0n) is 15.6. The number of hydrogen-bond donors (Lipinski definition) is 2. The van der Waals surface area contributed by atoms with Crippen LogP contribution in [-0.2, 0) is 16.1 Å². The van der Waals surface area contributed by atoms with Gasteiger partial charge in [0.2, 0.25) is 11.8 Å². The molecule has 1 heterocycles. The number of anilines is 1. The lowest BCUT2D eigenvalue weighted by molar-refractivity contribution is -0.129. The van der Waals surface area contributed by atoms with Crippen molar-refractivity contribution >= 4 is 40.3 Å². The Kier molecular flexibility index (Phi) is 6.30. The number of halogens is 1. The van der Waals surface area contributed by atoms with Gasteiger partial charge in [-0.05, 0) is 43.3 Å². The molecular weight excluding hydrogens is 379 g/mol. The standard InChI is InChI=1S/C20H21FN4O2S/c1-13(28-12-19(26)22-15-9-7-14(21)8-10-15)20(27)25(2)11-18-23-16-5-3-4-6-17(16)24-18/h3-10,13H,11-12H2,1-2H3,(H,22,26)(H,23,24). The van der Waals surface area contributed by atoms with Crippen LogP contribution in [0.25, 0.3) is 11.0 Å². The summed E-state index contributed by atoms with van der Waals surface area (Å²) < 4.78 is 12.9. The Morgan fingerprint density at radius 2 is 1.93 bits per heavy atom. The fourth-order valence-electron chi connectivity index (χ4n) is 2.70. The maximum Gasteiger partial charge on any atom is 0.235 e. The molecule has 146 valence electrons. The van der Waals surface area contributed by atoms with Crippen LogP contribution >= 0.6 is 11.8 Å². The molecular formula is C20H21FN4O2S. The van der Waals surface area contributed by atoms with Gasteiger partial charge in [0.15, 0.2) is 0 Å². The Labute approximate surface area is 166 Å². The number of hydrogen-bond acceptors (Lipinski definition) is 4. The molecule has 0 saturated heterocycles. The summed E-state index contributed by atoms with van der Waals surface area (Å²) in [7, 11) is 1.71. The summed E-state index contributed by atoms with van der Waals surface area (Å²) >= 11 is 1.25. The number of aromatic nitrogens is 2. The molecule has 1 unspecified atom stereocenters. The van der Waals surface area contributed by atoms with E-state index in [0.717, 1.165) is 11.0 Å². The Balaban J connectivity index is 1.48. The third-order valence-electron chi connectivity index (χ3n) is 4.14. The van der Waals surface area contributed by atoms with Gasteiger partial charge >= 0.3 is 0 Å².